The third kappa shape index (κ3) is 5.51. The predicted molar refractivity (Wildman–Crippen MR) is 80.9 cm³/mol. The van der Waals surface area contributed by atoms with Gasteiger partial charge in [-0.05, 0) is 49.8 Å². The summed E-state index contributed by atoms with van der Waals surface area (Å²) in [6.45, 7) is 2.93. The summed E-state index contributed by atoms with van der Waals surface area (Å²) in [6.07, 6.45) is 4.61. The van der Waals surface area contributed by atoms with E-state index >= 15 is 0 Å². The molecule has 0 amide bonds. The zero-order chi connectivity index (χ0) is 14.4. The molecule has 0 saturated heterocycles. The number of carbonyl (C=O) groups is 1. The van der Waals surface area contributed by atoms with E-state index in [1.807, 2.05) is 18.2 Å². The van der Waals surface area contributed by atoms with Crippen LogP contribution in [0.3, 0.4) is 0 Å². The third-order valence-electron chi connectivity index (χ3n) is 3.68. The Morgan fingerprint density at radius 2 is 2.05 bits per heavy atom. The highest BCUT2D eigenvalue weighted by molar-refractivity contribution is 6.31. The van der Waals surface area contributed by atoms with Crippen LogP contribution in [0.4, 0.5) is 0 Å². The first-order chi connectivity index (χ1) is 9.65. The Labute approximate surface area is 125 Å². The van der Waals surface area contributed by atoms with Crippen molar-refractivity contribution in [2.24, 2.45) is 5.92 Å². The van der Waals surface area contributed by atoms with Crippen LogP contribution in [-0.2, 0) is 11.3 Å². The summed E-state index contributed by atoms with van der Waals surface area (Å²) in [5.41, 5.74) is 1.16. The highest BCUT2D eigenvalue weighted by atomic mass is 35.5. The van der Waals surface area contributed by atoms with Gasteiger partial charge in [-0.3, -0.25) is 9.69 Å². The van der Waals surface area contributed by atoms with Gasteiger partial charge < -0.3 is 5.11 Å². The molecule has 0 unspecified atom stereocenters. The molecule has 0 aliphatic heterocycles. The van der Waals surface area contributed by atoms with Crippen molar-refractivity contribution in [2.75, 3.05) is 13.1 Å². The summed E-state index contributed by atoms with van der Waals surface area (Å²) >= 11 is 6.22. The lowest BCUT2D eigenvalue weighted by molar-refractivity contribution is -0.137. The number of carboxylic acids is 1. The molecule has 3 nitrogen and oxygen atoms in total. The molecule has 0 spiro atoms. The van der Waals surface area contributed by atoms with Crippen LogP contribution in [0.2, 0.25) is 5.02 Å². The quantitative estimate of drug-likeness (QED) is 0.704. The minimum absolute atomic E-state index is 0.267. The number of unbranched alkanes of at least 4 members (excludes halogenated alkanes) is 1. The fourth-order valence-electron chi connectivity index (χ4n) is 2.38. The molecule has 0 bridgehead atoms. The summed E-state index contributed by atoms with van der Waals surface area (Å²) in [7, 11) is 0. The van der Waals surface area contributed by atoms with Gasteiger partial charge in [-0.2, -0.15) is 0 Å². The molecule has 0 heterocycles. The Kier molecular flexibility index (Phi) is 5.86. The van der Waals surface area contributed by atoms with Gasteiger partial charge >= 0.3 is 5.97 Å². The van der Waals surface area contributed by atoms with E-state index in [0.717, 1.165) is 49.0 Å². The first-order valence-corrected chi connectivity index (χ1v) is 7.70. The second kappa shape index (κ2) is 7.65. The Hall–Kier alpha value is -1.06. The van der Waals surface area contributed by atoms with Crippen molar-refractivity contribution < 1.29 is 9.90 Å². The van der Waals surface area contributed by atoms with Crippen LogP contribution in [0.1, 0.15) is 37.7 Å². The molecule has 1 aliphatic rings. The molecule has 1 aromatic carbocycles. The van der Waals surface area contributed by atoms with Crippen molar-refractivity contribution in [2.45, 2.75) is 38.6 Å². The average molecular weight is 296 g/mol. The number of rotatable bonds is 9. The topological polar surface area (TPSA) is 40.5 Å². The molecule has 2 rings (SSSR count). The molecule has 1 fully saturated rings. The van der Waals surface area contributed by atoms with E-state index in [2.05, 4.69) is 11.0 Å². The lowest BCUT2D eigenvalue weighted by Crippen LogP contribution is -2.27. The van der Waals surface area contributed by atoms with Crippen LogP contribution in [0, 0.1) is 5.92 Å². The zero-order valence-electron chi connectivity index (χ0n) is 11.7. The summed E-state index contributed by atoms with van der Waals surface area (Å²) in [5, 5.41) is 9.49. The van der Waals surface area contributed by atoms with Gasteiger partial charge in [-0.1, -0.05) is 29.8 Å². The molecule has 0 radical (unpaired) electrons. The summed E-state index contributed by atoms with van der Waals surface area (Å²) in [6, 6.07) is 7.96. The molecule has 20 heavy (non-hydrogen) atoms. The van der Waals surface area contributed by atoms with Gasteiger partial charge in [0.15, 0.2) is 0 Å². The van der Waals surface area contributed by atoms with E-state index in [0.29, 0.717) is 0 Å². The smallest absolute Gasteiger partial charge is 0.303 e. The van der Waals surface area contributed by atoms with Crippen LogP contribution in [-0.4, -0.2) is 29.1 Å². The van der Waals surface area contributed by atoms with E-state index in [9.17, 15) is 4.79 Å². The predicted octanol–water partition coefficient (Wildman–Crippen LogP) is 3.81. The van der Waals surface area contributed by atoms with Gasteiger partial charge in [0.2, 0.25) is 0 Å². The Bertz CT molecular complexity index is 446. The van der Waals surface area contributed by atoms with Gasteiger partial charge in [-0.15, -0.1) is 0 Å². The maximum absolute atomic E-state index is 10.5. The largest absolute Gasteiger partial charge is 0.481 e. The van der Waals surface area contributed by atoms with E-state index in [4.69, 9.17) is 16.7 Å². The van der Waals surface area contributed by atoms with Gasteiger partial charge in [-0.25, -0.2) is 0 Å². The summed E-state index contributed by atoms with van der Waals surface area (Å²) in [4.78, 5) is 13.0. The second-order valence-corrected chi connectivity index (χ2v) is 6.03. The van der Waals surface area contributed by atoms with Crippen molar-refractivity contribution in [1.82, 2.24) is 4.90 Å². The number of carboxylic acid groups (broad SMARTS) is 1. The minimum Gasteiger partial charge on any atom is -0.481 e. The maximum Gasteiger partial charge on any atom is 0.303 e. The van der Waals surface area contributed by atoms with Gasteiger partial charge in [0.25, 0.3) is 0 Å². The van der Waals surface area contributed by atoms with Crippen LogP contribution in [0.5, 0.6) is 0 Å². The van der Waals surface area contributed by atoms with Crippen LogP contribution >= 0.6 is 11.6 Å². The number of nitrogens with zero attached hydrogens (tertiary/aromatic N) is 1. The van der Waals surface area contributed by atoms with Crippen molar-refractivity contribution in [3.63, 3.8) is 0 Å². The number of hydrogen-bond donors (Lipinski definition) is 1. The molecule has 4 heteroatoms. The van der Waals surface area contributed by atoms with Gasteiger partial charge in [0, 0.05) is 24.5 Å². The summed E-state index contributed by atoms with van der Waals surface area (Å²) in [5.74, 6) is 0.127. The lowest BCUT2D eigenvalue weighted by atomic mass is 10.1. The fraction of sp³-hybridized carbons (Fsp3) is 0.562. The van der Waals surface area contributed by atoms with Crippen LogP contribution in [0.25, 0.3) is 0 Å². The number of benzene rings is 1. The second-order valence-electron chi connectivity index (χ2n) is 5.62. The number of hydrogen-bond acceptors (Lipinski definition) is 2. The SMILES string of the molecule is O=C(O)CCCCN(Cc1ccccc1Cl)CC1CC1. The van der Waals surface area contributed by atoms with E-state index < -0.39 is 5.97 Å². The first kappa shape index (κ1) is 15.3. The van der Waals surface area contributed by atoms with Gasteiger partial charge in [0.1, 0.15) is 0 Å². The summed E-state index contributed by atoms with van der Waals surface area (Å²) < 4.78 is 0. The van der Waals surface area contributed by atoms with Crippen molar-refractivity contribution in [3.05, 3.63) is 34.9 Å². The fourth-order valence-corrected chi connectivity index (χ4v) is 2.58. The number of aliphatic carboxylic acids is 1. The standard InChI is InChI=1S/C16H22ClNO2/c17-15-6-2-1-5-14(15)12-18(11-13-8-9-13)10-4-3-7-16(19)20/h1-2,5-6,13H,3-4,7-12H2,(H,19,20). The maximum atomic E-state index is 10.5. The van der Waals surface area contributed by atoms with Crippen molar-refractivity contribution in [1.29, 1.82) is 0 Å². The first-order valence-electron chi connectivity index (χ1n) is 7.32. The third-order valence-corrected chi connectivity index (χ3v) is 4.05. The Balaban J connectivity index is 1.83. The molecule has 0 atom stereocenters. The highest BCUT2D eigenvalue weighted by Gasteiger charge is 2.24. The monoisotopic (exact) mass is 295 g/mol. The lowest BCUT2D eigenvalue weighted by Gasteiger charge is -2.22. The molecule has 110 valence electrons. The molecule has 1 aromatic rings. The molecular formula is C16H22ClNO2. The van der Waals surface area contributed by atoms with Crippen LogP contribution < -0.4 is 0 Å². The number of halogens is 1. The van der Waals surface area contributed by atoms with Crippen LogP contribution in [0.15, 0.2) is 24.3 Å². The Morgan fingerprint density at radius 3 is 2.70 bits per heavy atom. The highest BCUT2D eigenvalue weighted by Crippen LogP contribution is 2.30. The average Bonchev–Trinajstić information content (AvgIpc) is 3.21. The molecule has 1 aliphatic carbocycles. The van der Waals surface area contributed by atoms with E-state index in [-0.39, 0.29) is 6.42 Å². The molecular weight excluding hydrogens is 274 g/mol. The zero-order valence-corrected chi connectivity index (χ0v) is 12.5. The van der Waals surface area contributed by atoms with E-state index in [1.54, 1.807) is 0 Å². The molecule has 1 saturated carbocycles. The Morgan fingerprint density at radius 1 is 1.30 bits per heavy atom. The van der Waals surface area contributed by atoms with Gasteiger partial charge in [0.05, 0.1) is 0 Å². The van der Waals surface area contributed by atoms with Crippen molar-refractivity contribution >= 4 is 17.6 Å². The minimum atomic E-state index is -0.704. The molecule has 1 N–H and O–H groups in total. The molecule has 0 aromatic heterocycles. The van der Waals surface area contributed by atoms with E-state index in [1.165, 1.54) is 12.8 Å². The van der Waals surface area contributed by atoms with Crippen molar-refractivity contribution in [3.8, 4) is 0 Å². The normalized spacial score (nSPS) is 14.7.